The maximum atomic E-state index is 13.1. The molecule has 1 aromatic carbocycles. The molecule has 2 heterocycles. The Hall–Kier alpha value is -2.32. The van der Waals surface area contributed by atoms with Gasteiger partial charge in [-0.3, -0.25) is 9.59 Å². The minimum absolute atomic E-state index is 0.0821. The standard InChI is InChI=1S/C22H29NO7/c1-12(24)23-15-7-6-13-10-16(26-2)19(27-3)20(28-4)18(13)21-8-9-22(29-5,30-21)17(25)11-14(15)21/h10,14-15H,6-9,11H2,1-5H3,(H,23,24)/t14?,15-,21-,22+/m0/s1. The number of benzene rings is 1. The van der Waals surface area contributed by atoms with Gasteiger partial charge in [0.2, 0.25) is 17.4 Å². The predicted molar refractivity (Wildman–Crippen MR) is 107 cm³/mol. The van der Waals surface area contributed by atoms with Gasteiger partial charge >= 0.3 is 0 Å². The molecule has 0 radical (unpaired) electrons. The van der Waals surface area contributed by atoms with E-state index in [4.69, 9.17) is 23.7 Å². The van der Waals surface area contributed by atoms with Crippen LogP contribution < -0.4 is 19.5 Å². The lowest BCUT2D eigenvalue weighted by atomic mass is 9.73. The highest BCUT2D eigenvalue weighted by Gasteiger charge is 2.66. The Morgan fingerprint density at radius 2 is 1.87 bits per heavy atom. The maximum absolute atomic E-state index is 13.1. The van der Waals surface area contributed by atoms with Crippen molar-refractivity contribution in [2.75, 3.05) is 28.4 Å². The molecule has 3 aliphatic rings. The third-order valence-corrected chi connectivity index (χ3v) is 6.87. The molecule has 1 spiro atoms. The first kappa shape index (κ1) is 20.9. The Labute approximate surface area is 176 Å². The number of rotatable bonds is 5. The molecule has 30 heavy (non-hydrogen) atoms. The van der Waals surface area contributed by atoms with Crippen LogP contribution in [0.1, 0.15) is 43.7 Å². The molecule has 4 atom stereocenters. The smallest absolute Gasteiger partial charge is 0.229 e. The lowest BCUT2D eigenvalue weighted by Crippen LogP contribution is -2.57. The van der Waals surface area contributed by atoms with Gasteiger partial charge in [0.05, 0.1) is 21.3 Å². The Balaban J connectivity index is 1.98. The number of carbonyl (C=O) groups is 2. The summed E-state index contributed by atoms with van der Waals surface area (Å²) < 4.78 is 29.2. The molecule has 2 fully saturated rings. The van der Waals surface area contributed by atoms with E-state index in [0.717, 1.165) is 11.1 Å². The fourth-order valence-electron chi connectivity index (χ4n) is 5.62. The van der Waals surface area contributed by atoms with Crippen molar-refractivity contribution < 1.29 is 33.3 Å². The van der Waals surface area contributed by atoms with Crippen molar-refractivity contribution in [1.29, 1.82) is 0 Å². The third-order valence-electron chi connectivity index (χ3n) is 6.87. The van der Waals surface area contributed by atoms with Gasteiger partial charge in [-0.05, 0) is 30.9 Å². The number of amides is 1. The van der Waals surface area contributed by atoms with Crippen molar-refractivity contribution in [3.63, 3.8) is 0 Å². The molecule has 164 valence electrons. The number of ketones is 1. The highest BCUT2D eigenvalue weighted by atomic mass is 16.7. The van der Waals surface area contributed by atoms with Crippen LogP contribution in [0.2, 0.25) is 0 Å². The van der Waals surface area contributed by atoms with Gasteiger partial charge in [0.15, 0.2) is 17.3 Å². The minimum atomic E-state index is -1.27. The van der Waals surface area contributed by atoms with E-state index in [-0.39, 0.29) is 30.1 Å². The van der Waals surface area contributed by atoms with Crippen molar-refractivity contribution in [3.8, 4) is 17.2 Å². The van der Waals surface area contributed by atoms with Crippen LogP contribution in [0.3, 0.4) is 0 Å². The summed E-state index contributed by atoms with van der Waals surface area (Å²) in [5.41, 5.74) is 1.03. The van der Waals surface area contributed by atoms with E-state index in [1.807, 2.05) is 6.07 Å². The Morgan fingerprint density at radius 1 is 1.13 bits per heavy atom. The van der Waals surface area contributed by atoms with Crippen LogP contribution in [0.25, 0.3) is 0 Å². The summed E-state index contributed by atoms with van der Waals surface area (Å²) in [7, 11) is 6.25. The quantitative estimate of drug-likeness (QED) is 0.781. The minimum Gasteiger partial charge on any atom is -0.493 e. The zero-order valence-electron chi connectivity index (χ0n) is 18.1. The Bertz CT molecular complexity index is 885. The van der Waals surface area contributed by atoms with Crippen LogP contribution in [0, 0.1) is 5.92 Å². The second-order valence-electron chi connectivity index (χ2n) is 8.21. The summed E-state index contributed by atoms with van der Waals surface area (Å²) >= 11 is 0. The molecule has 8 heteroatoms. The number of hydrogen-bond acceptors (Lipinski definition) is 7. The first-order valence-corrected chi connectivity index (χ1v) is 10.2. The lowest BCUT2D eigenvalue weighted by Gasteiger charge is -2.46. The maximum Gasteiger partial charge on any atom is 0.229 e. The molecule has 0 saturated carbocycles. The molecule has 2 saturated heterocycles. The molecular weight excluding hydrogens is 390 g/mol. The highest BCUT2D eigenvalue weighted by molar-refractivity contribution is 5.88. The van der Waals surface area contributed by atoms with E-state index in [1.54, 1.807) is 21.3 Å². The molecular formula is C22H29NO7. The van der Waals surface area contributed by atoms with Crippen molar-refractivity contribution in [2.45, 2.75) is 56.5 Å². The zero-order valence-corrected chi connectivity index (χ0v) is 18.1. The van der Waals surface area contributed by atoms with Crippen LogP contribution in [0.5, 0.6) is 17.2 Å². The number of Topliss-reactive ketones (excluding diaryl/α,β-unsaturated/α-hetero) is 1. The van der Waals surface area contributed by atoms with E-state index in [1.165, 1.54) is 14.0 Å². The van der Waals surface area contributed by atoms with Gasteiger partial charge in [0.1, 0.15) is 5.60 Å². The molecule has 1 N–H and O–H groups in total. The molecule has 1 aliphatic carbocycles. The van der Waals surface area contributed by atoms with Gasteiger partial charge in [-0.25, -0.2) is 0 Å². The number of ether oxygens (including phenoxy) is 5. The zero-order chi connectivity index (χ0) is 21.7. The van der Waals surface area contributed by atoms with E-state index in [0.29, 0.717) is 42.9 Å². The first-order chi connectivity index (χ1) is 14.4. The molecule has 2 bridgehead atoms. The monoisotopic (exact) mass is 419 g/mol. The molecule has 1 unspecified atom stereocenters. The number of nitrogens with one attached hydrogen (secondary N) is 1. The normalized spacial score (nSPS) is 32.0. The van der Waals surface area contributed by atoms with E-state index < -0.39 is 11.4 Å². The SMILES string of the molecule is COc1cc2c(c(OC)c1OC)[C@@]13CC[C@@](OC)(O1)C(=O)CC3[C@@H](NC(C)=O)CC2. The van der Waals surface area contributed by atoms with E-state index in [2.05, 4.69) is 5.32 Å². The Kier molecular flexibility index (Phi) is 5.18. The fourth-order valence-corrected chi connectivity index (χ4v) is 5.62. The first-order valence-electron chi connectivity index (χ1n) is 10.2. The van der Waals surface area contributed by atoms with Gasteiger partial charge in [-0.1, -0.05) is 0 Å². The number of methoxy groups -OCH3 is 4. The van der Waals surface area contributed by atoms with E-state index >= 15 is 0 Å². The summed E-state index contributed by atoms with van der Waals surface area (Å²) in [5, 5.41) is 3.06. The van der Waals surface area contributed by atoms with Crippen molar-refractivity contribution in [1.82, 2.24) is 5.32 Å². The van der Waals surface area contributed by atoms with Crippen LogP contribution in [0.4, 0.5) is 0 Å². The number of hydrogen-bond donors (Lipinski definition) is 1. The predicted octanol–water partition coefficient (Wildman–Crippen LogP) is 2.10. The summed E-state index contributed by atoms with van der Waals surface area (Å²) in [6, 6.07) is 1.74. The largest absolute Gasteiger partial charge is 0.493 e. The van der Waals surface area contributed by atoms with Crippen LogP contribution >= 0.6 is 0 Å². The summed E-state index contributed by atoms with van der Waals surface area (Å²) in [6.45, 7) is 1.50. The molecule has 1 aromatic rings. The van der Waals surface area contributed by atoms with Crippen molar-refractivity contribution in [3.05, 3.63) is 17.2 Å². The van der Waals surface area contributed by atoms with Crippen molar-refractivity contribution >= 4 is 11.7 Å². The molecule has 4 rings (SSSR count). The molecule has 0 aromatic heterocycles. The number of carbonyl (C=O) groups excluding carboxylic acids is 2. The molecule has 8 nitrogen and oxygen atoms in total. The fraction of sp³-hybridized carbons (Fsp3) is 0.636. The van der Waals surface area contributed by atoms with Gasteiger partial charge in [0, 0.05) is 44.4 Å². The summed E-state index contributed by atoms with van der Waals surface area (Å²) in [5.74, 6) is -0.118. The average molecular weight is 419 g/mol. The van der Waals surface area contributed by atoms with Crippen LogP contribution in [0.15, 0.2) is 6.07 Å². The Morgan fingerprint density at radius 3 is 2.47 bits per heavy atom. The van der Waals surface area contributed by atoms with Crippen molar-refractivity contribution in [2.24, 2.45) is 5.92 Å². The average Bonchev–Trinajstić information content (AvgIpc) is 3.04. The molecule has 1 amide bonds. The number of aryl methyl sites for hydroxylation is 1. The lowest BCUT2D eigenvalue weighted by molar-refractivity contribution is -0.263. The molecule has 2 aliphatic heterocycles. The highest BCUT2D eigenvalue weighted by Crippen LogP contribution is 2.62. The third kappa shape index (κ3) is 2.80. The second-order valence-corrected chi connectivity index (χ2v) is 8.21. The van der Waals surface area contributed by atoms with Crippen LogP contribution in [-0.4, -0.2) is 52.0 Å². The topological polar surface area (TPSA) is 92.3 Å². The van der Waals surface area contributed by atoms with Gasteiger partial charge < -0.3 is 29.0 Å². The summed E-state index contributed by atoms with van der Waals surface area (Å²) in [6.07, 6.45) is 2.63. The second kappa shape index (κ2) is 7.42. The van der Waals surface area contributed by atoms with Gasteiger partial charge in [-0.2, -0.15) is 0 Å². The number of fused-ring (bicyclic) bond motifs is 2. The summed E-state index contributed by atoms with van der Waals surface area (Å²) in [4.78, 5) is 25.0. The van der Waals surface area contributed by atoms with Crippen LogP contribution in [-0.2, 0) is 31.1 Å². The van der Waals surface area contributed by atoms with Gasteiger partial charge in [-0.15, -0.1) is 0 Å². The van der Waals surface area contributed by atoms with E-state index in [9.17, 15) is 9.59 Å². The van der Waals surface area contributed by atoms with Gasteiger partial charge in [0.25, 0.3) is 0 Å².